The number of nitrogens with one attached hydrogen (secondary N) is 1. The van der Waals surface area contributed by atoms with E-state index in [0.29, 0.717) is 11.1 Å². The first kappa shape index (κ1) is 15.7. The van der Waals surface area contributed by atoms with Gasteiger partial charge in [0.05, 0.1) is 11.6 Å². The Kier molecular flexibility index (Phi) is 5.10. The van der Waals surface area contributed by atoms with E-state index in [4.69, 9.17) is 5.26 Å². The van der Waals surface area contributed by atoms with Crippen LogP contribution < -0.4 is 5.32 Å². The molecule has 0 heterocycles. The van der Waals surface area contributed by atoms with Gasteiger partial charge in [0, 0.05) is 26.6 Å². The van der Waals surface area contributed by atoms with Crippen LogP contribution in [0.2, 0.25) is 0 Å². The van der Waals surface area contributed by atoms with Crippen molar-refractivity contribution in [3.8, 4) is 6.07 Å². The molecule has 21 heavy (non-hydrogen) atoms. The van der Waals surface area contributed by atoms with Gasteiger partial charge in [0.25, 0.3) is 5.91 Å². The van der Waals surface area contributed by atoms with Crippen LogP contribution in [0.5, 0.6) is 0 Å². The van der Waals surface area contributed by atoms with Crippen LogP contribution in [-0.2, 0) is 6.54 Å². The molecule has 0 aromatic heterocycles. The van der Waals surface area contributed by atoms with Gasteiger partial charge in [-0.3, -0.25) is 4.79 Å². The minimum Gasteiger partial charge on any atom is -0.348 e. The van der Waals surface area contributed by atoms with Crippen LogP contribution in [0.15, 0.2) is 45.3 Å². The van der Waals surface area contributed by atoms with Crippen LogP contribution in [0.4, 0.5) is 4.39 Å². The maximum atomic E-state index is 13.7. The summed E-state index contributed by atoms with van der Waals surface area (Å²) in [6, 6.07) is 11.2. The molecule has 106 valence electrons. The number of halogens is 3. The Bertz CT molecular complexity index is 721. The fraction of sp³-hybridized carbons (Fsp3) is 0.0667. The average molecular weight is 412 g/mol. The van der Waals surface area contributed by atoms with Crippen molar-refractivity contribution in [1.29, 1.82) is 5.26 Å². The summed E-state index contributed by atoms with van der Waals surface area (Å²) in [6.07, 6.45) is 0. The van der Waals surface area contributed by atoms with Crippen molar-refractivity contribution in [3.05, 3.63) is 67.9 Å². The molecule has 6 heteroatoms. The van der Waals surface area contributed by atoms with Crippen molar-refractivity contribution in [2.75, 3.05) is 0 Å². The predicted octanol–water partition coefficient (Wildman–Crippen LogP) is 4.15. The molecule has 0 atom stereocenters. The molecule has 2 rings (SSSR count). The van der Waals surface area contributed by atoms with Gasteiger partial charge in [-0.05, 0) is 30.3 Å². The third kappa shape index (κ3) is 4.13. The van der Waals surface area contributed by atoms with E-state index in [1.54, 1.807) is 12.1 Å². The molecule has 0 saturated heterocycles. The van der Waals surface area contributed by atoms with Crippen LogP contribution >= 0.6 is 31.9 Å². The fourth-order valence-corrected chi connectivity index (χ4v) is 3.02. The van der Waals surface area contributed by atoms with Crippen molar-refractivity contribution >= 4 is 37.8 Å². The van der Waals surface area contributed by atoms with Crippen molar-refractivity contribution in [2.45, 2.75) is 6.54 Å². The zero-order valence-electron chi connectivity index (χ0n) is 10.7. The molecule has 0 aliphatic heterocycles. The number of benzene rings is 2. The van der Waals surface area contributed by atoms with Gasteiger partial charge < -0.3 is 5.32 Å². The second kappa shape index (κ2) is 6.83. The molecule has 0 unspecified atom stereocenters. The Morgan fingerprint density at radius 3 is 2.43 bits per heavy atom. The van der Waals surface area contributed by atoms with Crippen molar-refractivity contribution in [2.24, 2.45) is 0 Å². The molecule has 0 fully saturated rings. The predicted molar refractivity (Wildman–Crippen MR) is 84.1 cm³/mol. The maximum absolute atomic E-state index is 13.7. The first-order valence-corrected chi connectivity index (χ1v) is 7.51. The van der Waals surface area contributed by atoms with Gasteiger partial charge in [0.2, 0.25) is 0 Å². The van der Waals surface area contributed by atoms with E-state index >= 15 is 0 Å². The zero-order chi connectivity index (χ0) is 15.4. The Morgan fingerprint density at radius 2 is 1.86 bits per heavy atom. The fourth-order valence-electron chi connectivity index (χ4n) is 1.72. The van der Waals surface area contributed by atoms with Gasteiger partial charge >= 0.3 is 0 Å². The van der Waals surface area contributed by atoms with Crippen molar-refractivity contribution < 1.29 is 9.18 Å². The molecule has 2 aromatic rings. The lowest BCUT2D eigenvalue weighted by Gasteiger charge is -2.07. The number of rotatable bonds is 3. The van der Waals surface area contributed by atoms with Crippen LogP contribution in [-0.4, -0.2) is 5.91 Å². The molecule has 0 saturated carbocycles. The largest absolute Gasteiger partial charge is 0.348 e. The van der Waals surface area contributed by atoms with Crippen LogP contribution in [0, 0.1) is 17.1 Å². The third-order valence-electron chi connectivity index (χ3n) is 2.75. The van der Waals surface area contributed by atoms with Gasteiger partial charge in [0.15, 0.2) is 0 Å². The number of nitriles is 1. The smallest absolute Gasteiger partial charge is 0.251 e. The first-order chi connectivity index (χ1) is 9.99. The zero-order valence-corrected chi connectivity index (χ0v) is 13.8. The molecular weight excluding hydrogens is 403 g/mol. The normalized spacial score (nSPS) is 10.0. The van der Waals surface area contributed by atoms with E-state index in [9.17, 15) is 9.18 Å². The Labute approximate surface area is 138 Å². The minimum absolute atomic E-state index is 0.0561. The maximum Gasteiger partial charge on any atom is 0.251 e. The lowest BCUT2D eigenvalue weighted by molar-refractivity contribution is 0.0950. The number of hydrogen-bond donors (Lipinski definition) is 1. The summed E-state index contributed by atoms with van der Waals surface area (Å²) >= 11 is 6.61. The molecule has 1 amide bonds. The highest BCUT2D eigenvalue weighted by atomic mass is 79.9. The molecule has 0 bridgehead atoms. The van der Waals surface area contributed by atoms with Gasteiger partial charge in [0.1, 0.15) is 5.82 Å². The number of hydrogen-bond acceptors (Lipinski definition) is 2. The van der Waals surface area contributed by atoms with E-state index in [0.717, 1.165) is 15.0 Å². The van der Waals surface area contributed by atoms with Crippen molar-refractivity contribution in [1.82, 2.24) is 5.32 Å². The second-order valence-corrected chi connectivity index (χ2v) is 6.09. The lowest BCUT2D eigenvalue weighted by atomic mass is 10.1. The van der Waals surface area contributed by atoms with E-state index in [1.165, 1.54) is 12.1 Å². The van der Waals surface area contributed by atoms with E-state index in [1.807, 2.05) is 12.1 Å². The monoisotopic (exact) mass is 410 g/mol. The summed E-state index contributed by atoms with van der Waals surface area (Å²) in [5.41, 5.74) is 1.04. The summed E-state index contributed by atoms with van der Waals surface area (Å²) in [4.78, 5) is 12.0. The average Bonchev–Trinajstić information content (AvgIpc) is 2.44. The highest BCUT2D eigenvalue weighted by molar-refractivity contribution is 9.11. The Balaban J connectivity index is 2.09. The van der Waals surface area contributed by atoms with Gasteiger partial charge in [-0.1, -0.05) is 37.9 Å². The Morgan fingerprint density at radius 1 is 1.19 bits per heavy atom. The molecule has 0 spiro atoms. The highest BCUT2D eigenvalue weighted by Gasteiger charge is 2.09. The molecule has 2 aromatic carbocycles. The summed E-state index contributed by atoms with van der Waals surface area (Å²) < 4.78 is 15.2. The van der Waals surface area contributed by atoms with Crippen LogP contribution in [0.3, 0.4) is 0 Å². The quantitative estimate of drug-likeness (QED) is 0.824. The standard InChI is InChI=1S/C15H9Br2FN2O/c16-12-4-11(5-13(17)6-12)15(21)20-8-10-2-1-9(7-19)3-14(10)18/h1-6H,8H2,(H,20,21). The highest BCUT2D eigenvalue weighted by Crippen LogP contribution is 2.20. The SMILES string of the molecule is N#Cc1ccc(CNC(=O)c2cc(Br)cc(Br)c2)c(F)c1. The summed E-state index contributed by atoms with van der Waals surface area (Å²) in [5, 5.41) is 11.3. The number of nitrogens with zero attached hydrogens (tertiary/aromatic N) is 1. The van der Waals surface area contributed by atoms with Crippen molar-refractivity contribution in [3.63, 3.8) is 0 Å². The van der Waals surface area contributed by atoms with Crippen LogP contribution in [0.25, 0.3) is 0 Å². The van der Waals surface area contributed by atoms with Gasteiger partial charge in [-0.25, -0.2) is 4.39 Å². The molecule has 0 aliphatic rings. The summed E-state index contributed by atoms with van der Waals surface area (Å²) in [5.74, 6) is -0.814. The summed E-state index contributed by atoms with van der Waals surface area (Å²) in [6.45, 7) is 0.0561. The Hall–Kier alpha value is -1.71. The molecule has 3 nitrogen and oxygen atoms in total. The van der Waals surface area contributed by atoms with Gasteiger partial charge in [-0.2, -0.15) is 5.26 Å². The van der Waals surface area contributed by atoms with Gasteiger partial charge in [-0.15, -0.1) is 0 Å². The topological polar surface area (TPSA) is 52.9 Å². The van der Waals surface area contributed by atoms with E-state index in [2.05, 4.69) is 37.2 Å². The third-order valence-corrected chi connectivity index (χ3v) is 3.66. The summed E-state index contributed by atoms with van der Waals surface area (Å²) in [7, 11) is 0. The number of carbonyl (C=O) groups is 1. The lowest BCUT2D eigenvalue weighted by Crippen LogP contribution is -2.23. The van der Waals surface area contributed by atoms with E-state index in [-0.39, 0.29) is 18.0 Å². The van der Waals surface area contributed by atoms with E-state index < -0.39 is 5.82 Å². The van der Waals surface area contributed by atoms with Crippen LogP contribution in [0.1, 0.15) is 21.5 Å². The second-order valence-electron chi connectivity index (χ2n) is 4.26. The molecule has 0 aliphatic carbocycles. The molecule has 1 N–H and O–H groups in total. The molecular formula is C15H9Br2FN2O. The number of carbonyl (C=O) groups excluding carboxylic acids is 1. The first-order valence-electron chi connectivity index (χ1n) is 5.92. The minimum atomic E-state index is -0.509. The number of amides is 1. The molecule has 0 radical (unpaired) electrons.